The Morgan fingerprint density at radius 3 is 2.88 bits per heavy atom. The highest BCUT2D eigenvalue weighted by atomic mass is 16.5. The number of carbonyl (C=O) groups excluding carboxylic acids is 1. The van der Waals surface area contributed by atoms with Gasteiger partial charge >= 0.3 is 5.97 Å². The second kappa shape index (κ2) is 6.10. The van der Waals surface area contributed by atoms with E-state index in [1.807, 2.05) is 17.9 Å². The number of ether oxygens (including phenoxy) is 1. The minimum absolute atomic E-state index is 0.218. The highest BCUT2D eigenvalue weighted by molar-refractivity contribution is 5.76. The van der Waals surface area contributed by atoms with E-state index in [0.29, 0.717) is 0 Å². The van der Waals surface area contributed by atoms with Crippen LogP contribution in [0.4, 0.5) is 5.69 Å². The Labute approximate surface area is 96.2 Å². The number of aryl methyl sites for hydroxylation is 1. The molecule has 0 atom stereocenters. The molecule has 0 saturated carbocycles. The van der Waals surface area contributed by atoms with E-state index < -0.39 is 0 Å². The van der Waals surface area contributed by atoms with E-state index in [1.54, 1.807) is 12.4 Å². The van der Waals surface area contributed by atoms with Crippen molar-refractivity contribution in [3.05, 3.63) is 24.0 Å². The third-order valence-electron chi connectivity index (χ3n) is 2.37. The SMILES string of the molecule is CCCN(CC(=O)OC)c1ccncc1C. The second-order valence-corrected chi connectivity index (χ2v) is 3.66. The van der Waals surface area contributed by atoms with Crippen molar-refractivity contribution in [1.82, 2.24) is 4.98 Å². The van der Waals surface area contributed by atoms with Crippen LogP contribution >= 0.6 is 0 Å². The number of aromatic nitrogens is 1. The number of hydrogen-bond donors (Lipinski definition) is 0. The van der Waals surface area contributed by atoms with Gasteiger partial charge in [0.25, 0.3) is 0 Å². The number of hydrogen-bond acceptors (Lipinski definition) is 4. The zero-order chi connectivity index (χ0) is 12.0. The Morgan fingerprint density at radius 1 is 1.56 bits per heavy atom. The third kappa shape index (κ3) is 3.22. The molecular weight excluding hydrogens is 204 g/mol. The summed E-state index contributed by atoms with van der Waals surface area (Å²) in [6.07, 6.45) is 4.52. The van der Waals surface area contributed by atoms with Gasteiger partial charge in [0.1, 0.15) is 6.54 Å². The maximum atomic E-state index is 11.3. The van der Waals surface area contributed by atoms with Gasteiger partial charge in [0.05, 0.1) is 7.11 Å². The fraction of sp³-hybridized carbons (Fsp3) is 0.500. The molecule has 0 N–H and O–H groups in total. The number of pyridine rings is 1. The number of esters is 1. The molecule has 1 aromatic rings. The summed E-state index contributed by atoms with van der Waals surface area (Å²) in [7, 11) is 1.41. The van der Waals surface area contributed by atoms with Crippen LogP contribution in [0.1, 0.15) is 18.9 Å². The fourth-order valence-electron chi connectivity index (χ4n) is 1.60. The second-order valence-electron chi connectivity index (χ2n) is 3.66. The number of rotatable bonds is 5. The number of methoxy groups -OCH3 is 1. The molecule has 0 unspecified atom stereocenters. The summed E-state index contributed by atoms with van der Waals surface area (Å²) in [4.78, 5) is 17.4. The van der Waals surface area contributed by atoms with Crippen LogP contribution in [0.3, 0.4) is 0 Å². The van der Waals surface area contributed by atoms with Crippen LogP contribution in [0.15, 0.2) is 18.5 Å². The zero-order valence-corrected chi connectivity index (χ0v) is 10.1. The van der Waals surface area contributed by atoms with Gasteiger partial charge in [-0.1, -0.05) is 6.92 Å². The normalized spacial score (nSPS) is 9.94. The zero-order valence-electron chi connectivity index (χ0n) is 10.1. The molecule has 1 aromatic heterocycles. The molecule has 0 saturated heterocycles. The van der Waals surface area contributed by atoms with Crippen LogP contribution in [0.5, 0.6) is 0 Å². The van der Waals surface area contributed by atoms with Crippen molar-refractivity contribution in [3.8, 4) is 0 Å². The molecular formula is C12H18N2O2. The molecule has 1 heterocycles. The first-order chi connectivity index (χ1) is 7.69. The van der Waals surface area contributed by atoms with Gasteiger partial charge in [0.15, 0.2) is 0 Å². The fourth-order valence-corrected chi connectivity index (χ4v) is 1.60. The van der Waals surface area contributed by atoms with E-state index in [4.69, 9.17) is 4.74 Å². The smallest absolute Gasteiger partial charge is 0.325 e. The summed E-state index contributed by atoms with van der Waals surface area (Å²) in [5.74, 6) is -0.218. The van der Waals surface area contributed by atoms with Crippen LogP contribution in [-0.2, 0) is 9.53 Å². The lowest BCUT2D eigenvalue weighted by atomic mass is 10.2. The van der Waals surface area contributed by atoms with Crippen LogP contribution in [0.25, 0.3) is 0 Å². The topological polar surface area (TPSA) is 42.4 Å². The molecule has 0 aliphatic carbocycles. The Hall–Kier alpha value is -1.58. The van der Waals surface area contributed by atoms with Gasteiger partial charge in [-0.15, -0.1) is 0 Å². The molecule has 16 heavy (non-hydrogen) atoms. The Bertz CT molecular complexity index is 353. The van der Waals surface area contributed by atoms with Gasteiger partial charge in [-0.2, -0.15) is 0 Å². The highest BCUT2D eigenvalue weighted by Crippen LogP contribution is 2.18. The van der Waals surface area contributed by atoms with E-state index in [-0.39, 0.29) is 12.5 Å². The van der Waals surface area contributed by atoms with E-state index >= 15 is 0 Å². The Kier molecular flexibility index (Phi) is 4.76. The van der Waals surface area contributed by atoms with Crippen molar-refractivity contribution in [3.63, 3.8) is 0 Å². The quantitative estimate of drug-likeness (QED) is 0.712. The van der Waals surface area contributed by atoms with E-state index in [9.17, 15) is 4.79 Å². The summed E-state index contributed by atoms with van der Waals surface area (Å²) < 4.78 is 4.69. The predicted molar refractivity (Wildman–Crippen MR) is 63.5 cm³/mol. The Balaban J connectivity index is 2.85. The average Bonchev–Trinajstić information content (AvgIpc) is 2.29. The first kappa shape index (κ1) is 12.5. The number of anilines is 1. The molecule has 0 aromatic carbocycles. The monoisotopic (exact) mass is 222 g/mol. The molecule has 0 radical (unpaired) electrons. The Morgan fingerprint density at radius 2 is 2.31 bits per heavy atom. The minimum Gasteiger partial charge on any atom is -0.468 e. The third-order valence-corrected chi connectivity index (χ3v) is 2.37. The maximum Gasteiger partial charge on any atom is 0.325 e. The van der Waals surface area contributed by atoms with Gasteiger partial charge < -0.3 is 9.64 Å². The molecule has 0 spiro atoms. The van der Waals surface area contributed by atoms with Gasteiger partial charge in [-0.05, 0) is 25.0 Å². The van der Waals surface area contributed by atoms with Crippen molar-refractivity contribution in [2.75, 3.05) is 25.1 Å². The van der Waals surface area contributed by atoms with Crippen molar-refractivity contribution in [2.45, 2.75) is 20.3 Å². The molecule has 0 amide bonds. The average molecular weight is 222 g/mol. The van der Waals surface area contributed by atoms with Crippen LogP contribution in [0.2, 0.25) is 0 Å². The molecule has 0 aliphatic heterocycles. The molecule has 0 aliphatic rings. The van der Waals surface area contributed by atoms with Gasteiger partial charge in [-0.25, -0.2) is 0 Å². The number of carbonyl (C=O) groups is 1. The standard InChI is InChI=1S/C12H18N2O2/c1-4-7-14(9-12(15)16-3)11-5-6-13-8-10(11)2/h5-6,8H,4,7,9H2,1-3H3. The maximum absolute atomic E-state index is 11.3. The summed E-state index contributed by atoms with van der Waals surface area (Å²) in [5, 5.41) is 0. The summed E-state index contributed by atoms with van der Waals surface area (Å²) in [5.41, 5.74) is 2.11. The molecule has 88 valence electrons. The lowest BCUT2D eigenvalue weighted by Crippen LogP contribution is -2.31. The lowest BCUT2D eigenvalue weighted by molar-refractivity contribution is -0.138. The predicted octanol–water partition coefficient (Wildman–Crippen LogP) is 1.78. The van der Waals surface area contributed by atoms with Gasteiger partial charge in [0.2, 0.25) is 0 Å². The van der Waals surface area contributed by atoms with E-state index in [1.165, 1.54) is 7.11 Å². The van der Waals surface area contributed by atoms with Crippen LogP contribution < -0.4 is 4.90 Å². The number of nitrogens with zero attached hydrogens (tertiary/aromatic N) is 2. The van der Waals surface area contributed by atoms with Crippen LogP contribution in [0, 0.1) is 6.92 Å². The summed E-state index contributed by atoms with van der Waals surface area (Å²) >= 11 is 0. The van der Waals surface area contributed by atoms with Gasteiger partial charge in [-0.3, -0.25) is 9.78 Å². The first-order valence-corrected chi connectivity index (χ1v) is 5.41. The van der Waals surface area contributed by atoms with E-state index in [2.05, 4.69) is 11.9 Å². The van der Waals surface area contributed by atoms with Crippen molar-refractivity contribution in [2.24, 2.45) is 0 Å². The van der Waals surface area contributed by atoms with Crippen molar-refractivity contribution in [1.29, 1.82) is 0 Å². The largest absolute Gasteiger partial charge is 0.468 e. The first-order valence-electron chi connectivity index (χ1n) is 5.41. The summed E-state index contributed by atoms with van der Waals surface area (Å²) in [6.45, 7) is 5.19. The molecule has 4 nitrogen and oxygen atoms in total. The highest BCUT2D eigenvalue weighted by Gasteiger charge is 2.12. The molecule has 4 heteroatoms. The van der Waals surface area contributed by atoms with Gasteiger partial charge in [0, 0.05) is 24.6 Å². The molecule has 0 bridgehead atoms. The molecule has 1 rings (SSSR count). The minimum atomic E-state index is -0.218. The van der Waals surface area contributed by atoms with E-state index in [0.717, 1.165) is 24.2 Å². The van der Waals surface area contributed by atoms with Crippen molar-refractivity contribution >= 4 is 11.7 Å². The van der Waals surface area contributed by atoms with Crippen molar-refractivity contribution < 1.29 is 9.53 Å². The molecule has 0 fully saturated rings. The lowest BCUT2D eigenvalue weighted by Gasteiger charge is -2.24. The van der Waals surface area contributed by atoms with Crippen LogP contribution in [-0.4, -0.2) is 31.2 Å². The summed E-state index contributed by atoms with van der Waals surface area (Å²) in [6, 6.07) is 1.92.